The Kier molecular flexibility index (Phi) is 7.28. The minimum absolute atomic E-state index is 0.101. The third-order valence-corrected chi connectivity index (χ3v) is 3.89. The van der Waals surface area contributed by atoms with Crippen molar-refractivity contribution in [3.8, 4) is 0 Å². The van der Waals surface area contributed by atoms with E-state index >= 15 is 0 Å². The van der Waals surface area contributed by atoms with Gasteiger partial charge in [-0.05, 0) is 38.0 Å². The zero-order chi connectivity index (χ0) is 19.8. The lowest BCUT2D eigenvalue weighted by molar-refractivity contribution is 0.0600. The van der Waals surface area contributed by atoms with E-state index in [0.29, 0.717) is 41.7 Å². The van der Waals surface area contributed by atoms with Gasteiger partial charge in [0.2, 0.25) is 0 Å². The van der Waals surface area contributed by atoms with Crippen molar-refractivity contribution in [2.45, 2.75) is 33.6 Å². The van der Waals surface area contributed by atoms with E-state index in [1.54, 1.807) is 31.2 Å². The molecular formula is C20H26N4O3. The predicted octanol–water partition coefficient (Wildman–Crippen LogP) is 3.58. The van der Waals surface area contributed by atoms with E-state index in [-0.39, 0.29) is 5.91 Å². The summed E-state index contributed by atoms with van der Waals surface area (Å²) in [4.78, 5) is 35.0. The van der Waals surface area contributed by atoms with Crippen molar-refractivity contribution in [3.05, 3.63) is 47.4 Å². The van der Waals surface area contributed by atoms with Crippen LogP contribution in [0.2, 0.25) is 0 Å². The summed E-state index contributed by atoms with van der Waals surface area (Å²) < 4.78 is 4.74. The number of methoxy groups -OCH3 is 1. The molecular weight excluding hydrogens is 344 g/mol. The molecule has 2 rings (SSSR count). The van der Waals surface area contributed by atoms with Crippen molar-refractivity contribution in [1.29, 1.82) is 0 Å². The zero-order valence-corrected chi connectivity index (χ0v) is 16.3. The second-order valence-electron chi connectivity index (χ2n) is 6.18. The number of aromatic nitrogens is 2. The van der Waals surface area contributed by atoms with Crippen molar-refractivity contribution >= 4 is 23.4 Å². The number of benzene rings is 1. The standard InChI is InChI=1S/C20H26N4O3/c1-5-10-24(11-6-2)19(25)17-13-18(22-14(3)21-17)23-16-9-7-8-15(12-16)20(26)27-4/h7-9,12-13H,5-6,10-11H2,1-4H3,(H,21,22,23). The first-order valence-electron chi connectivity index (χ1n) is 9.08. The molecule has 0 aliphatic rings. The number of nitrogens with zero attached hydrogens (tertiary/aromatic N) is 3. The lowest BCUT2D eigenvalue weighted by Gasteiger charge is -2.21. The molecule has 2 aromatic rings. The Balaban J connectivity index is 2.27. The van der Waals surface area contributed by atoms with Gasteiger partial charge in [0.1, 0.15) is 17.3 Å². The molecule has 7 heteroatoms. The molecule has 0 saturated heterocycles. The molecule has 0 unspecified atom stereocenters. The molecule has 0 atom stereocenters. The normalized spacial score (nSPS) is 10.4. The van der Waals surface area contributed by atoms with E-state index in [9.17, 15) is 9.59 Å². The SMILES string of the molecule is CCCN(CCC)C(=O)c1cc(Nc2cccc(C(=O)OC)c2)nc(C)n1. The number of rotatable bonds is 8. The molecule has 0 saturated carbocycles. The Morgan fingerprint density at radius 3 is 2.44 bits per heavy atom. The average molecular weight is 370 g/mol. The fraction of sp³-hybridized carbons (Fsp3) is 0.400. The molecule has 1 N–H and O–H groups in total. The van der Waals surface area contributed by atoms with Crippen LogP contribution in [0.5, 0.6) is 0 Å². The van der Waals surface area contributed by atoms with Crippen LogP contribution in [0.1, 0.15) is 53.4 Å². The van der Waals surface area contributed by atoms with Gasteiger partial charge in [0, 0.05) is 24.8 Å². The molecule has 0 bridgehead atoms. The first-order valence-corrected chi connectivity index (χ1v) is 9.08. The van der Waals surface area contributed by atoms with Crippen molar-refractivity contribution in [3.63, 3.8) is 0 Å². The number of amides is 1. The summed E-state index contributed by atoms with van der Waals surface area (Å²) in [6.45, 7) is 7.22. The Labute approximate surface area is 159 Å². The fourth-order valence-corrected chi connectivity index (χ4v) is 2.75. The van der Waals surface area contributed by atoms with Gasteiger partial charge in [-0.15, -0.1) is 0 Å². The number of carbonyl (C=O) groups excluding carboxylic acids is 2. The average Bonchev–Trinajstić information content (AvgIpc) is 2.66. The largest absolute Gasteiger partial charge is 0.465 e. The Morgan fingerprint density at radius 1 is 1.11 bits per heavy atom. The molecule has 0 aliphatic carbocycles. The smallest absolute Gasteiger partial charge is 0.337 e. The molecule has 1 aromatic heterocycles. The molecule has 0 radical (unpaired) electrons. The molecule has 27 heavy (non-hydrogen) atoms. The van der Waals surface area contributed by atoms with Crippen LogP contribution in [0, 0.1) is 6.92 Å². The van der Waals surface area contributed by atoms with Gasteiger partial charge in [0.05, 0.1) is 12.7 Å². The van der Waals surface area contributed by atoms with Crippen LogP contribution in [0.15, 0.2) is 30.3 Å². The van der Waals surface area contributed by atoms with Crippen LogP contribution in [0.3, 0.4) is 0 Å². The van der Waals surface area contributed by atoms with Crippen molar-refractivity contribution in [2.75, 3.05) is 25.5 Å². The molecule has 1 amide bonds. The summed E-state index contributed by atoms with van der Waals surface area (Å²) in [6.07, 6.45) is 1.78. The second kappa shape index (κ2) is 9.66. The number of hydrogen-bond donors (Lipinski definition) is 1. The summed E-state index contributed by atoms with van der Waals surface area (Å²) in [6, 6.07) is 8.54. The van der Waals surface area contributed by atoms with Gasteiger partial charge in [0.25, 0.3) is 5.91 Å². The molecule has 1 heterocycles. The number of aryl methyl sites for hydroxylation is 1. The highest BCUT2D eigenvalue weighted by Gasteiger charge is 2.17. The van der Waals surface area contributed by atoms with E-state index in [4.69, 9.17) is 4.74 Å². The maximum Gasteiger partial charge on any atom is 0.337 e. The third-order valence-electron chi connectivity index (χ3n) is 3.89. The highest BCUT2D eigenvalue weighted by atomic mass is 16.5. The van der Waals surface area contributed by atoms with Crippen LogP contribution in [-0.2, 0) is 4.74 Å². The fourth-order valence-electron chi connectivity index (χ4n) is 2.75. The Bertz CT molecular complexity index is 802. The molecule has 1 aromatic carbocycles. The van der Waals surface area contributed by atoms with Gasteiger partial charge in [-0.3, -0.25) is 4.79 Å². The monoisotopic (exact) mass is 370 g/mol. The maximum atomic E-state index is 12.8. The number of anilines is 2. The van der Waals surface area contributed by atoms with E-state index in [2.05, 4.69) is 15.3 Å². The van der Waals surface area contributed by atoms with Gasteiger partial charge in [-0.25, -0.2) is 14.8 Å². The zero-order valence-electron chi connectivity index (χ0n) is 16.3. The molecule has 0 aliphatic heterocycles. The molecule has 0 spiro atoms. The maximum absolute atomic E-state index is 12.8. The Hall–Kier alpha value is -2.96. The highest BCUT2D eigenvalue weighted by Crippen LogP contribution is 2.18. The van der Waals surface area contributed by atoms with Gasteiger partial charge in [0.15, 0.2) is 0 Å². The lowest BCUT2D eigenvalue weighted by atomic mass is 10.2. The number of hydrogen-bond acceptors (Lipinski definition) is 6. The van der Waals surface area contributed by atoms with Gasteiger partial charge < -0.3 is 15.0 Å². The summed E-state index contributed by atoms with van der Waals surface area (Å²) in [5.74, 6) is 0.486. The Morgan fingerprint density at radius 2 is 1.81 bits per heavy atom. The number of nitrogens with one attached hydrogen (secondary N) is 1. The lowest BCUT2D eigenvalue weighted by Crippen LogP contribution is -2.33. The first kappa shape index (κ1) is 20.4. The van der Waals surface area contributed by atoms with Gasteiger partial charge in [-0.2, -0.15) is 0 Å². The number of esters is 1. The van der Waals surface area contributed by atoms with E-state index < -0.39 is 5.97 Å². The summed E-state index contributed by atoms with van der Waals surface area (Å²) in [5, 5.41) is 3.13. The first-order chi connectivity index (χ1) is 13.0. The van der Waals surface area contributed by atoms with Crippen LogP contribution < -0.4 is 5.32 Å². The summed E-state index contributed by atoms with van der Waals surface area (Å²) >= 11 is 0. The van der Waals surface area contributed by atoms with Crippen molar-refractivity contribution in [2.24, 2.45) is 0 Å². The van der Waals surface area contributed by atoms with Crippen LogP contribution in [0.4, 0.5) is 11.5 Å². The topological polar surface area (TPSA) is 84.4 Å². The molecule has 0 fully saturated rings. The van der Waals surface area contributed by atoms with Gasteiger partial charge in [-0.1, -0.05) is 19.9 Å². The van der Waals surface area contributed by atoms with Crippen LogP contribution in [0.25, 0.3) is 0 Å². The number of ether oxygens (including phenoxy) is 1. The predicted molar refractivity (Wildman–Crippen MR) is 104 cm³/mol. The number of carbonyl (C=O) groups is 2. The van der Waals surface area contributed by atoms with Gasteiger partial charge >= 0.3 is 5.97 Å². The third kappa shape index (κ3) is 5.51. The summed E-state index contributed by atoms with van der Waals surface area (Å²) in [7, 11) is 1.34. The minimum Gasteiger partial charge on any atom is -0.465 e. The highest BCUT2D eigenvalue weighted by molar-refractivity contribution is 5.93. The van der Waals surface area contributed by atoms with E-state index in [0.717, 1.165) is 12.8 Å². The molecule has 144 valence electrons. The molecule has 7 nitrogen and oxygen atoms in total. The minimum atomic E-state index is -0.414. The van der Waals surface area contributed by atoms with E-state index in [1.807, 2.05) is 24.8 Å². The van der Waals surface area contributed by atoms with Crippen molar-refractivity contribution < 1.29 is 14.3 Å². The second-order valence-corrected chi connectivity index (χ2v) is 6.18. The quantitative estimate of drug-likeness (QED) is 0.715. The van der Waals surface area contributed by atoms with E-state index in [1.165, 1.54) is 7.11 Å². The van der Waals surface area contributed by atoms with Crippen LogP contribution >= 0.6 is 0 Å². The van der Waals surface area contributed by atoms with Crippen LogP contribution in [-0.4, -0.2) is 46.9 Å². The van der Waals surface area contributed by atoms with Crippen molar-refractivity contribution in [1.82, 2.24) is 14.9 Å². The summed E-state index contributed by atoms with van der Waals surface area (Å²) in [5.41, 5.74) is 1.46.